The molecule has 6 nitrogen and oxygen atoms in total. The molecule has 2 saturated heterocycles. The van der Waals surface area contributed by atoms with Crippen LogP contribution in [0.3, 0.4) is 0 Å². The van der Waals surface area contributed by atoms with Gasteiger partial charge in [0.2, 0.25) is 5.91 Å². The molecule has 0 spiro atoms. The Kier molecular flexibility index (Phi) is 10.0. The summed E-state index contributed by atoms with van der Waals surface area (Å²) in [5.74, 6) is 0.168. The molecule has 2 aliphatic heterocycles. The molecular formula is C22H30Cl2N4O2. The number of amides is 1. The third-order valence-corrected chi connectivity index (χ3v) is 5.51. The molecule has 1 amide bonds. The van der Waals surface area contributed by atoms with E-state index in [1.165, 1.54) is 5.56 Å². The zero-order valence-corrected chi connectivity index (χ0v) is 18.6. The number of piperazine rings is 1. The number of hydrogen-bond donors (Lipinski definition) is 1. The summed E-state index contributed by atoms with van der Waals surface area (Å²) in [5.41, 5.74) is 2.38. The summed E-state index contributed by atoms with van der Waals surface area (Å²) < 4.78 is 5.93. The van der Waals surface area contributed by atoms with E-state index in [0.717, 1.165) is 44.8 Å². The van der Waals surface area contributed by atoms with Gasteiger partial charge < -0.3 is 15.0 Å². The molecule has 2 fully saturated rings. The number of ether oxygens (including phenoxy) is 1. The lowest BCUT2D eigenvalue weighted by Crippen LogP contribution is -2.50. The third-order valence-electron chi connectivity index (χ3n) is 5.51. The minimum Gasteiger partial charge on any atom is -0.375 e. The maximum absolute atomic E-state index is 13.1. The molecule has 0 aliphatic carbocycles. The predicted molar refractivity (Wildman–Crippen MR) is 122 cm³/mol. The Morgan fingerprint density at radius 2 is 1.97 bits per heavy atom. The van der Waals surface area contributed by atoms with E-state index >= 15 is 0 Å². The monoisotopic (exact) mass is 452 g/mol. The summed E-state index contributed by atoms with van der Waals surface area (Å²) in [6.07, 6.45) is 4.01. The molecule has 1 N–H and O–H groups in total. The Hall–Kier alpha value is -1.70. The largest absolute Gasteiger partial charge is 0.375 e. The van der Waals surface area contributed by atoms with Gasteiger partial charge in [-0.05, 0) is 17.2 Å². The lowest BCUT2D eigenvalue weighted by atomic mass is 10.0. The highest BCUT2D eigenvalue weighted by molar-refractivity contribution is 5.85. The van der Waals surface area contributed by atoms with Crippen LogP contribution in [0.5, 0.6) is 0 Å². The number of aromatic nitrogens is 1. The standard InChI is InChI=1S/C22H28N4O2.2ClH/c27-22(26-10-9-24-15-21(26)19-7-4-8-23-14-19)13-20-17-25(11-12-28-20)16-18-5-2-1-3-6-18;;/h1-8,14,20-21,24H,9-13,15-17H2;2*1H. The smallest absolute Gasteiger partial charge is 0.225 e. The number of halogens is 2. The maximum atomic E-state index is 13.1. The van der Waals surface area contributed by atoms with E-state index in [9.17, 15) is 4.79 Å². The molecule has 2 unspecified atom stereocenters. The van der Waals surface area contributed by atoms with E-state index in [1.807, 2.05) is 29.3 Å². The second-order valence-electron chi connectivity index (χ2n) is 7.51. The predicted octanol–water partition coefficient (Wildman–Crippen LogP) is 2.69. The fourth-order valence-corrected chi connectivity index (χ4v) is 4.07. The van der Waals surface area contributed by atoms with Gasteiger partial charge in [-0.25, -0.2) is 0 Å². The SMILES string of the molecule is Cl.Cl.O=C(CC1CN(Cc2ccccc2)CCO1)N1CCNCC1c1cccnc1. The first-order chi connectivity index (χ1) is 13.8. The molecular weight excluding hydrogens is 423 g/mol. The first kappa shape index (κ1) is 24.6. The fraction of sp³-hybridized carbons (Fsp3) is 0.455. The van der Waals surface area contributed by atoms with Crippen molar-refractivity contribution in [1.82, 2.24) is 20.1 Å². The van der Waals surface area contributed by atoms with Gasteiger partial charge in [0.1, 0.15) is 0 Å². The van der Waals surface area contributed by atoms with Gasteiger partial charge in [0.25, 0.3) is 0 Å². The molecule has 4 rings (SSSR count). The van der Waals surface area contributed by atoms with Crippen LogP contribution < -0.4 is 5.32 Å². The van der Waals surface area contributed by atoms with Gasteiger partial charge in [0.15, 0.2) is 0 Å². The maximum Gasteiger partial charge on any atom is 0.225 e. The van der Waals surface area contributed by atoms with Crippen molar-refractivity contribution in [2.75, 3.05) is 39.3 Å². The Balaban J connectivity index is 0.00000160. The van der Waals surface area contributed by atoms with Gasteiger partial charge in [-0.2, -0.15) is 0 Å². The number of nitrogens with zero attached hydrogens (tertiary/aromatic N) is 3. The van der Waals surface area contributed by atoms with E-state index in [0.29, 0.717) is 13.0 Å². The molecule has 2 atom stereocenters. The molecule has 1 aromatic carbocycles. The average Bonchev–Trinajstić information content (AvgIpc) is 2.75. The topological polar surface area (TPSA) is 57.7 Å². The van der Waals surface area contributed by atoms with Crippen LogP contribution in [-0.4, -0.2) is 66.1 Å². The van der Waals surface area contributed by atoms with Gasteiger partial charge >= 0.3 is 0 Å². The van der Waals surface area contributed by atoms with Gasteiger partial charge in [-0.1, -0.05) is 36.4 Å². The highest BCUT2D eigenvalue weighted by Gasteiger charge is 2.31. The van der Waals surface area contributed by atoms with Crippen molar-refractivity contribution in [2.45, 2.75) is 25.1 Å². The van der Waals surface area contributed by atoms with Crippen LogP contribution in [0.1, 0.15) is 23.6 Å². The number of benzene rings is 1. The second-order valence-corrected chi connectivity index (χ2v) is 7.51. The van der Waals surface area contributed by atoms with E-state index in [4.69, 9.17) is 4.74 Å². The van der Waals surface area contributed by atoms with Crippen molar-refractivity contribution in [3.8, 4) is 0 Å². The van der Waals surface area contributed by atoms with Crippen LogP contribution in [0.15, 0.2) is 54.9 Å². The highest BCUT2D eigenvalue weighted by atomic mass is 35.5. The number of hydrogen-bond acceptors (Lipinski definition) is 5. The van der Waals surface area contributed by atoms with Crippen molar-refractivity contribution in [1.29, 1.82) is 0 Å². The Labute approximate surface area is 190 Å². The van der Waals surface area contributed by atoms with Gasteiger partial charge in [-0.15, -0.1) is 24.8 Å². The summed E-state index contributed by atoms with van der Waals surface area (Å²) in [5, 5.41) is 3.40. The van der Waals surface area contributed by atoms with E-state index < -0.39 is 0 Å². The summed E-state index contributed by atoms with van der Waals surface area (Å²) in [6.45, 7) is 5.60. The van der Waals surface area contributed by atoms with Crippen LogP contribution >= 0.6 is 24.8 Å². The van der Waals surface area contributed by atoms with Crippen LogP contribution in [0.25, 0.3) is 0 Å². The lowest BCUT2D eigenvalue weighted by molar-refractivity contribution is -0.139. The molecule has 8 heteroatoms. The van der Waals surface area contributed by atoms with Crippen LogP contribution in [0.4, 0.5) is 0 Å². The van der Waals surface area contributed by atoms with Gasteiger partial charge in [0, 0.05) is 51.7 Å². The number of carbonyl (C=O) groups is 1. The number of pyridine rings is 1. The summed E-state index contributed by atoms with van der Waals surface area (Å²) in [6, 6.07) is 14.5. The number of carbonyl (C=O) groups excluding carboxylic acids is 1. The molecule has 0 bridgehead atoms. The van der Waals surface area contributed by atoms with Crippen LogP contribution in [0, 0.1) is 0 Å². The van der Waals surface area contributed by atoms with Crippen molar-refractivity contribution >= 4 is 30.7 Å². The average molecular weight is 453 g/mol. The number of morpholine rings is 1. The van der Waals surface area contributed by atoms with E-state index in [1.54, 1.807) is 6.20 Å². The Morgan fingerprint density at radius 1 is 1.13 bits per heavy atom. The van der Waals surface area contributed by atoms with Crippen molar-refractivity contribution in [2.24, 2.45) is 0 Å². The molecule has 30 heavy (non-hydrogen) atoms. The number of rotatable bonds is 5. The molecule has 3 heterocycles. The molecule has 164 valence electrons. The van der Waals surface area contributed by atoms with E-state index in [2.05, 4.69) is 39.5 Å². The minimum absolute atomic E-state index is 0. The van der Waals surface area contributed by atoms with Crippen LogP contribution in [0.2, 0.25) is 0 Å². The molecule has 2 aromatic rings. The van der Waals surface area contributed by atoms with Crippen molar-refractivity contribution in [3.63, 3.8) is 0 Å². The summed E-state index contributed by atoms with van der Waals surface area (Å²) in [4.78, 5) is 21.7. The third kappa shape index (κ3) is 6.40. The first-order valence-electron chi connectivity index (χ1n) is 10.1. The second kappa shape index (κ2) is 12.2. The van der Waals surface area contributed by atoms with Crippen molar-refractivity contribution < 1.29 is 9.53 Å². The van der Waals surface area contributed by atoms with Gasteiger partial charge in [0.05, 0.1) is 25.2 Å². The fourth-order valence-electron chi connectivity index (χ4n) is 4.07. The first-order valence-corrected chi connectivity index (χ1v) is 10.1. The highest BCUT2D eigenvalue weighted by Crippen LogP contribution is 2.23. The zero-order valence-electron chi connectivity index (χ0n) is 17.0. The normalized spacial score (nSPS) is 21.9. The summed E-state index contributed by atoms with van der Waals surface area (Å²) in [7, 11) is 0. The quantitative estimate of drug-likeness (QED) is 0.755. The van der Waals surface area contributed by atoms with Crippen molar-refractivity contribution in [3.05, 3.63) is 66.0 Å². The van der Waals surface area contributed by atoms with E-state index in [-0.39, 0.29) is 42.9 Å². The molecule has 1 aromatic heterocycles. The lowest BCUT2D eigenvalue weighted by Gasteiger charge is -2.38. The zero-order chi connectivity index (χ0) is 19.2. The minimum atomic E-state index is -0.0469. The molecule has 0 saturated carbocycles. The molecule has 2 aliphatic rings. The molecule has 0 radical (unpaired) electrons. The summed E-state index contributed by atoms with van der Waals surface area (Å²) >= 11 is 0. The Morgan fingerprint density at radius 3 is 2.73 bits per heavy atom. The number of nitrogens with one attached hydrogen (secondary N) is 1. The van der Waals surface area contributed by atoms with Crippen LogP contribution in [-0.2, 0) is 16.1 Å². The van der Waals surface area contributed by atoms with Gasteiger partial charge in [-0.3, -0.25) is 14.7 Å². The Bertz CT molecular complexity index is 766.